The molecule has 0 saturated carbocycles. The molecule has 0 radical (unpaired) electrons. The van der Waals surface area contributed by atoms with E-state index in [1.165, 1.54) is 45.2 Å². The third kappa shape index (κ3) is 4.60. The highest BCUT2D eigenvalue weighted by molar-refractivity contribution is 5.74. The molecule has 122 valence electrons. The lowest BCUT2D eigenvalue weighted by Crippen LogP contribution is -2.55. The Morgan fingerprint density at radius 2 is 1.86 bits per heavy atom. The van der Waals surface area contributed by atoms with Crippen molar-refractivity contribution in [1.29, 1.82) is 0 Å². The Morgan fingerprint density at radius 1 is 1.14 bits per heavy atom. The van der Waals surface area contributed by atoms with Gasteiger partial charge in [0.15, 0.2) is 0 Å². The first-order valence-electron chi connectivity index (χ1n) is 8.81. The lowest BCUT2D eigenvalue weighted by Gasteiger charge is -2.41. The Kier molecular flexibility index (Phi) is 5.91. The number of nitrogens with one attached hydrogen (secondary N) is 1. The Labute approximate surface area is 130 Å². The number of likely N-dealkylation sites (tertiary alicyclic amines) is 2. The Bertz CT molecular complexity index is 337. The average molecular weight is 295 g/mol. The molecule has 2 rings (SSSR count). The highest BCUT2D eigenvalue weighted by Gasteiger charge is 2.29. The molecule has 2 heterocycles. The van der Waals surface area contributed by atoms with E-state index in [2.05, 4.69) is 31.0 Å². The first-order valence-corrected chi connectivity index (χ1v) is 8.81. The molecule has 1 atom stereocenters. The first-order chi connectivity index (χ1) is 10.0. The summed E-state index contributed by atoms with van der Waals surface area (Å²) >= 11 is 0. The van der Waals surface area contributed by atoms with Gasteiger partial charge in [-0.05, 0) is 58.5 Å². The zero-order chi connectivity index (χ0) is 15.3. The molecule has 1 N–H and O–H groups in total. The van der Waals surface area contributed by atoms with E-state index in [9.17, 15) is 4.79 Å². The molecule has 0 spiro atoms. The second-order valence-electron chi connectivity index (χ2n) is 7.38. The molecule has 2 amide bonds. The fraction of sp³-hybridized carbons (Fsp3) is 0.941. The van der Waals surface area contributed by atoms with E-state index in [4.69, 9.17) is 0 Å². The summed E-state index contributed by atoms with van der Waals surface area (Å²) in [5, 5.41) is 3.18. The topological polar surface area (TPSA) is 35.6 Å². The molecule has 0 aliphatic carbocycles. The number of hydrogen-bond acceptors (Lipinski definition) is 2. The lowest BCUT2D eigenvalue weighted by atomic mass is 9.96. The van der Waals surface area contributed by atoms with E-state index >= 15 is 0 Å². The molecular formula is C17H33N3O. The normalized spacial score (nSPS) is 24.9. The van der Waals surface area contributed by atoms with Crippen molar-refractivity contribution in [2.45, 2.75) is 64.8 Å². The van der Waals surface area contributed by atoms with Crippen LogP contribution in [0.4, 0.5) is 4.79 Å². The highest BCUT2D eigenvalue weighted by atomic mass is 16.2. The van der Waals surface area contributed by atoms with Crippen LogP contribution in [0.15, 0.2) is 0 Å². The summed E-state index contributed by atoms with van der Waals surface area (Å²) in [6.45, 7) is 11.7. The van der Waals surface area contributed by atoms with E-state index in [1.54, 1.807) is 0 Å². The Morgan fingerprint density at radius 3 is 2.52 bits per heavy atom. The smallest absolute Gasteiger partial charge is 0.317 e. The Hall–Kier alpha value is -0.770. The van der Waals surface area contributed by atoms with Gasteiger partial charge in [-0.2, -0.15) is 0 Å². The van der Waals surface area contributed by atoms with Crippen molar-refractivity contribution in [3.63, 3.8) is 0 Å². The van der Waals surface area contributed by atoms with Crippen LogP contribution in [0.2, 0.25) is 0 Å². The van der Waals surface area contributed by atoms with Gasteiger partial charge < -0.3 is 10.2 Å². The third-order valence-electron chi connectivity index (χ3n) is 5.27. The van der Waals surface area contributed by atoms with Crippen LogP contribution in [0.1, 0.15) is 59.3 Å². The maximum atomic E-state index is 12.4. The van der Waals surface area contributed by atoms with Gasteiger partial charge >= 0.3 is 6.03 Å². The van der Waals surface area contributed by atoms with E-state index in [-0.39, 0.29) is 11.6 Å². The van der Waals surface area contributed by atoms with Crippen LogP contribution in [0.3, 0.4) is 0 Å². The lowest BCUT2D eigenvalue weighted by molar-refractivity contribution is 0.0923. The second-order valence-corrected chi connectivity index (χ2v) is 7.38. The molecule has 4 heteroatoms. The van der Waals surface area contributed by atoms with Gasteiger partial charge in [0.2, 0.25) is 0 Å². The van der Waals surface area contributed by atoms with Crippen molar-refractivity contribution in [2.75, 3.05) is 32.7 Å². The van der Waals surface area contributed by atoms with Gasteiger partial charge in [0.25, 0.3) is 0 Å². The molecule has 2 aliphatic rings. The minimum Gasteiger partial charge on any atom is -0.336 e. The SMILES string of the molecule is CCC1CCCN(C(=O)NCC(C)(C)N2CCCCC2)C1. The quantitative estimate of drug-likeness (QED) is 0.865. The van der Waals surface area contributed by atoms with Gasteiger partial charge in [-0.3, -0.25) is 4.90 Å². The van der Waals surface area contributed by atoms with Gasteiger partial charge in [-0.15, -0.1) is 0 Å². The van der Waals surface area contributed by atoms with Gasteiger partial charge in [0.05, 0.1) is 0 Å². The standard InChI is InChI=1S/C17H33N3O/c1-4-15-9-8-10-19(13-15)16(21)18-14-17(2,3)20-11-6-5-7-12-20/h15H,4-14H2,1-3H3,(H,18,21). The number of carbonyl (C=O) groups is 1. The van der Waals surface area contributed by atoms with Gasteiger partial charge in [-0.1, -0.05) is 19.8 Å². The average Bonchev–Trinajstić information content (AvgIpc) is 2.53. The second kappa shape index (κ2) is 7.48. The third-order valence-corrected chi connectivity index (χ3v) is 5.27. The fourth-order valence-corrected chi connectivity index (χ4v) is 3.60. The van der Waals surface area contributed by atoms with Crippen LogP contribution in [0, 0.1) is 5.92 Å². The molecule has 2 fully saturated rings. The summed E-state index contributed by atoms with van der Waals surface area (Å²) < 4.78 is 0. The largest absolute Gasteiger partial charge is 0.336 e. The fourth-order valence-electron chi connectivity index (χ4n) is 3.60. The molecular weight excluding hydrogens is 262 g/mol. The van der Waals surface area contributed by atoms with E-state index < -0.39 is 0 Å². The van der Waals surface area contributed by atoms with Crippen LogP contribution < -0.4 is 5.32 Å². The number of urea groups is 1. The predicted molar refractivity (Wildman–Crippen MR) is 87.5 cm³/mol. The Balaban J connectivity index is 1.79. The number of nitrogens with zero attached hydrogens (tertiary/aromatic N) is 2. The number of rotatable bonds is 4. The van der Waals surface area contributed by atoms with Crippen LogP contribution in [0.5, 0.6) is 0 Å². The molecule has 0 bridgehead atoms. The molecule has 2 saturated heterocycles. The van der Waals surface area contributed by atoms with Crippen molar-refractivity contribution in [3.05, 3.63) is 0 Å². The molecule has 21 heavy (non-hydrogen) atoms. The predicted octanol–water partition coefficient (Wildman–Crippen LogP) is 3.08. The van der Waals surface area contributed by atoms with Crippen LogP contribution >= 0.6 is 0 Å². The molecule has 0 aromatic carbocycles. The maximum absolute atomic E-state index is 12.4. The zero-order valence-corrected chi connectivity index (χ0v) is 14.2. The summed E-state index contributed by atoms with van der Waals surface area (Å²) in [7, 11) is 0. The van der Waals surface area contributed by atoms with Crippen molar-refractivity contribution >= 4 is 6.03 Å². The maximum Gasteiger partial charge on any atom is 0.317 e. The number of piperidine rings is 2. The van der Waals surface area contributed by atoms with Gasteiger partial charge in [-0.25, -0.2) is 4.79 Å². The van der Waals surface area contributed by atoms with E-state index in [1.807, 2.05) is 4.90 Å². The summed E-state index contributed by atoms with van der Waals surface area (Å²) in [6, 6.07) is 0.137. The van der Waals surface area contributed by atoms with E-state index in [0.717, 1.165) is 26.1 Å². The van der Waals surface area contributed by atoms with Crippen molar-refractivity contribution in [3.8, 4) is 0 Å². The minimum atomic E-state index is 0.0655. The number of carbonyl (C=O) groups excluding carboxylic acids is 1. The van der Waals surface area contributed by atoms with Crippen LogP contribution in [-0.2, 0) is 0 Å². The molecule has 2 aliphatic heterocycles. The van der Waals surface area contributed by atoms with Gasteiger partial charge in [0, 0.05) is 25.2 Å². The highest BCUT2D eigenvalue weighted by Crippen LogP contribution is 2.21. The monoisotopic (exact) mass is 295 g/mol. The van der Waals surface area contributed by atoms with Crippen LogP contribution in [-0.4, -0.2) is 54.1 Å². The summed E-state index contributed by atoms with van der Waals surface area (Å²) in [5.41, 5.74) is 0.0655. The molecule has 0 aromatic heterocycles. The zero-order valence-electron chi connectivity index (χ0n) is 14.2. The van der Waals surface area contributed by atoms with Crippen molar-refractivity contribution < 1.29 is 4.79 Å². The summed E-state index contributed by atoms with van der Waals surface area (Å²) in [5.74, 6) is 0.694. The molecule has 4 nitrogen and oxygen atoms in total. The number of hydrogen-bond donors (Lipinski definition) is 1. The number of amides is 2. The minimum absolute atomic E-state index is 0.0655. The van der Waals surface area contributed by atoms with Gasteiger partial charge in [0.1, 0.15) is 0 Å². The van der Waals surface area contributed by atoms with Crippen molar-refractivity contribution in [1.82, 2.24) is 15.1 Å². The van der Waals surface area contributed by atoms with E-state index in [0.29, 0.717) is 5.92 Å². The first kappa shape index (κ1) is 16.6. The summed E-state index contributed by atoms with van der Waals surface area (Å²) in [4.78, 5) is 16.9. The molecule has 0 aromatic rings. The molecule has 1 unspecified atom stereocenters. The van der Waals surface area contributed by atoms with Crippen LogP contribution in [0.25, 0.3) is 0 Å². The summed E-state index contributed by atoms with van der Waals surface area (Å²) in [6.07, 6.45) is 7.55. The van der Waals surface area contributed by atoms with Crippen molar-refractivity contribution in [2.24, 2.45) is 5.92 Å².